The van der Waals surface area contributed by atoms with Crippen LogP contribution in [-0.4, -0.2) is 29.4 Å². The van der Waals surface area contributed by atoms with Crippen LogP contribution >= 0.6 is 0 Å². The summed E-state index contributed by atoms with van der Waals surface area (Å²) < 4.78 is 33.9. The second-order valence-electron chi connectivity index (χ2n) is 6.36. The van der Waals surface area contributed by atoms with Crippen molar-refractivity contribution < 1.29 is 69.5 Å². The van der Waals surface area contributed by atoms with Crippen LogP contribution in [0.25, 0.3) is 0 Å². The molecule has 4 nitrogen and oxygen atoms in total. The molecule has 0 aliphatic carbocycles. The largest absolute Gasteiger partial charge is 1.00 e. The predicted molar refractivity (Wildman–Crippen MR) is 90.9 cm³/mol. The maximum Gasteiger partial charge on any atom is 1.00 e. The van der Waals surface area contributed by atoms with Crippen molar-refractivity contribution in [3.8, 4) is 0 Å². The number of unbranched alkanes of at least 4 members (excludes halogenated alkanes) is 9. The first-order chi connectivity index (χ1) is 10.4. The molecule has 2 atom stereocenters. The molecule has 0 heterocycles. The van der Waals surface area contributed by atoms with Crippen LogP contribution in [0, 0.1) is 0 Å². The smallest absolute Gasteiger partial charge is 0.748 e. The average Bonchev–Trinajstić information content (AvgIpc) is 2.45. The summed E-state index contributed by atoms with van der Waals surface area (Å²) in [6.07, 6.45) is 11.5. The van der Waals surface area contributed by atoms with Crippen LogP contribution in [0.2, 0.25) is 0 Å². The van der Waals surface area contributed by atoms with E-state index in [2.05, 4.69) is 6.92 Å². The fourth-order valence-electron chi connectivity index (χ4n) is 2.80. The molecule has 0 saturated carbocycles. The van der Waals surface area contributed by atoms with Crippen LogP contribution in [0.3, 0.4) is 0 Å². The van der Waals surface area contributed by atoms with Crippen molar-refractivity contribution in [3.05, 3.63) is 0 Å². The minimum Gasteiger partial charge on any atom is -0.748 e. The summed E-state index contributed by atoms with van der Waals surface area (Å²) in [6, 6.07) is 0. The van der Waals surface area contributed by atoms with Crippen LogP contribution in [0.1, 0.15) is 97.3 Å². The number of hydrogen-bond donors (Lipinski definition) is 1. The molecule has 6 heteroatoms. The molecule has 134 valence electrons. The minimum atomic E-state index is -4.40. The fraction of sp³-hybridized carbons (Fsp3) is 1.00. The Balaban J connectivity index is 0. The van der Waals surface area contributed by atoms with Crippen LogP contribution in [0.5, 0.6) is 0 Å². The molecule has 0 aromatic rings. The number of aliphatic hydroxyl groups is 1. The number of hydrogen-bond acceptors (Lipinski definition) is 4. The second kappa shape index (κ2) is 16.9. The van der Waals surface area contributed by atoms with Crippen LogP contribution < -0.4 is 51.4 Å². The van der Waals surface area contributed by atoms with Gasteiger partial charge in [-0.2, -0.15) is 0 Å². The van der Waals surface area contributed by atoms with Gasteiger partial charge in [-0.05, 0) is 12.8 Å². The fourth-order valence-corrected chi connectivity index (χ4v) is 3.77. The Bertz CT molecular complexity index is 347. The zero-order valence-electron chi connectivity index (χ0n) is 15.4. The van der Waals surface area contributed by atoms with Gasteiger partial charge in [-0.1, -0.05) is 84.5 Å². The summed E-state index contributed by atoms with van der Waals surface area (Å²) in [5.41, 5.74) is 0. The van der Waals surface area contributed by atoms with Gasteiger partial charge in [-0.3, -0.25) is 0 Å². The molecule has 0 aliphatic rings. The molecule has 0 radical (unpaired) electrons. The van der Waals surface area contributed by atoms with Crippen molar-refractivity contribution in [2.45, 2.75) is 109 Å². The molecule has 0 aromatic carbocycles. The van der Waals surface area contributed by atoms with Gasteiger partial charge in [0, 0.05) is 0 Å². The van der Waals surface area contributed by atoms with Crippen molar-refractivity contribution in [2.75, 3.05) is 0 Å². The van der Waals surface area contributed by atoms with Gasteiger partial charge in [0.1, 0.15) is 10.1 Å². The van der Waals surface area contributed by atoms with Crippen molar-refractivity contribution in [1.82, 2.24) is 0 Å². The third-order valence-corrected chi connectivity index (χ3v) is 5.54. The van der Waals surface area contributed by atoms with Gasteiger partial charge in [0.15, 0.2) is 0 Å². The second-order valence-corrected chi connectivity index (χ2v) is 7.95. The zero-order valence-corrected chi connectivity index (χ0v) is 19.4. The van der Waals surface area contributed by atoms with E-state index in [1.807, 2.05) is 6.92 Å². The average molecular weight is 375 g/mol. The Morgan fingerprint density at radius 1 is 0.783 bits per heavy atom. The van der Waals surface area contributed by atoms with Crippen molar-refractivity contribution in [1.29, 1.82) is 0 Å². The maximum absolute atomic E-state index is 11.3. The normalized spacial score (nSPS) is 14.3. The standard InChI is InChI=1S/C17H36O4S.K/c1-3-5-7-8-9-10-11-13-14-16(18)17(22(19,20)21)15-12-6-4-2;/h16-18H,3-15H2,1-2H3,(H,19,20,21);/q;+1/p-1. The molecule has 1 N–H and O–H groups in total. The third kappa shape index (κ3) is 15.5. The summed E-state index contributed by atoms with van der Waals surface area (Å²) in [5, 5.41) is 8.92. The van der Waals surface area contributed by atoms with E-state index in [1.54, 1.807) is 0 Å². The first-order valence-corrected chi connectivity index (χ1v) is 10.5. The molecular weight excluding hydrogens is 339 g/mol. The monoisotopic (exact) mass is 374 g/mol. The zero-order chi connectivity index (χ0) is 16.8. The van der Waals surface area contributed by atoms with Crippen LogP contribution in [-0.2, 0) is 10.1 Å². The first kappa shape index (κ1) is 26.7. The Labute approximate surface area is 186 Å². The molecule has 0 amide bonds. The summed E-state index contributed by atoms with van der Waals surface area (Å²) >= 11 is 0. The van der Waals surface area contributed by atoms with Gasteiger partial charge in [0.25, 0.3) is 0 Å². The van der Waals surface area contributed by atoms with Gasteiger partial charge in [0.2, 0.25) is 0 Å². The van der Waals surface area contributed by atoms with Gasteiger partial charge >= 0.3 is 51.4 Å². The topological polar surface area (TPSA) is 77.4 Å². The number of aliphatic hydroxyl groups excluding tert-OH is 1. The van der Waals surface area contributed by atoms with Gasteiger partial charge in [-0.15, -0.1) is 0 Å². The quantitative estimate of drug-likeness (QED) is 0.267. The summed E-state index contributed by atoms with van der Waals surface area (Å²) in [4.78, 5) is 0. The van der Waals surface area contributed by atoms with Gasteiger partial charge < -0.3 is 9.66 Å². The van der Waals surface area contributed by atoms with Gasteiger partial charge in [-0.25, -0.2) is 8.42 Å². The Kier molecular flexibility index (Phi) is 19.7. The Hall–Kier alpha value is 1.51. The summed E-state index contributed by atoms with van der Waals surface area (Å²) in [6.45, 7) is 4.22. The summed E-state index contributed by atoms with van der Waals surface area (Å²) in [5.74, 6) is 0. The Morgan fingerprint density at radius 3 is 1.65 bits per heavy atom. The SMILES string of the molecule is CCCCCCCCCCC(O)C(CCCCC)S(=O)(=O)[O-].[K+]. The van der Waals surface area contributed by atoms with Crippen LogP contribution in [0.4, 0.5) is 0 Å². The van der Waals surface area contributed by atoms with E-state index in [9.17, 15) is 18.1 Å². The summed E-state index contributed by atoms with van der Waals surface area (Å²) in [7, 11) is -4.40. The molecule has 2 unspecified atom stereocenters. The maximum atomic E-state index is 11.3. The Morgan fingerprint density at radius 2 is 1.17 bits per heavy atom. The van der Waals surface area contributed by atoms with E-state index in [1.165, 1.54) is 32.1 Å². The molecule has 0 aliphatic heterocycles. The molecule has 0 rings (SSSR count). The third-order valence-electron chi connectivity index (χ3n) is 4.25. The molecule has 0 spiro atoms. The molecule has 0 bridgehead atoms. The molecular formula is C17H35KO4S. The van der Waals surface area contributed by atoms with E-state index in [0.717, 1.165) is 32.1 Å². The van der Waals surface area contributed by atoms with E-state index >= 15 is 0 Å². The molecule has 0 aromatic heterocycles. The van der Waals surface area contributed by atoms with E-state index < -0.39 is 21.5 Å². The van der Waals surface area contributed by atoms with E-state index in [0.29, 0.717) is 12.8 Å². The minimum absolute atomic E-state index is 0. The first-order valence-electron chi connectivity index (χ1n) is 9.06. The predicted octanol–water partition coefficient (Wildman–Crippen LogP) is 1.38. The number of rotatable bonds is 15. The van der Waals surface area contributed by atoms with E-state index in [4.69, 9.17) is 0 Å². The van der Waals surface area contributed by atoms with Crippen molar-refractivity contribution in [3.63, 3.8) is 0 Å². The molecule has 0 fully saturated rings. The van der Waals surface area contributed by atoms with E-state index in [-0.39, 0.29) is 57.8 Å². The van der Waals surface area contributed by atoms with Crippen molar-refractivity contribution in [2.24, 2.45) is 0 Å². The van der Waals surface area contributed by atoms with Gasteiger partial charge in [0.05, 0.1) is 11.4 Å². The molecule has 23 heavy (non-hydrogen) atoms. The van der Waals surface area contributed by atoms with Crippen molar-refractivity contribution >= 4 is 10.1 Å². The molecule has 0 saturated heterocycles. The van der Waals surface area contributed by atoms with Crippen LogP contribution in [0.15, 0.2) is 0 Å².